The molecule has 1 amide bonds. The van der Waals surface area contributed by atoms with Crippen LogP contribution >= 0.6 is 11.3 Å². The van der Waals surface area contributed by atoms with Crippen LogP contribution in [-0.4, -0.2) is 51.2 Å². The molecule has 6 heteroatoms. The monoisotopic (exact) mass is 332 g/mol. The third-order valence-corrected chi connectivity index (χ3v) is 4.88. The quantitative estimate of drug-likeness (QED) is 0.863. The number of rotatable bonds is 4. The lowest BCUT2D eigenvalue weighted by atomic mass is 10.2. The summed E-state index contributed by atoms with van der Waals surface area (Å²) in [5.74, 6) is 1.75. The molecule has 1 aliphatic rings. The molecule has 0 aliphatic carbocycles. The van der Waals surface area contributed by atoms with E-state index in [1.54, 1.807) is 14.2 Å². The van der Waals surface area contributed by atoms with Gasteiger partial charge in [-0.25, -0.2) is 0 Å². The maximum atomic E-state index is 12.4. The molecule has 0 atom stereocenters. The van der Waals surface area contributed by atoms with E-state index >= 15 is 0 Å². The second-order valence-electron chi connectivity index (χ2n) is 5.29. The normalized spacial score (nSPS) is 14.7. The van der Waals surface area contributed by atoms with Crippen LogP contribution in [0.15, 0.2) is 35.7 Å². The van der Waals surface area contributed by atoms with Crippen LogP contribution in [0.2, 0.25) is 0 Å². The summed E-state index contributed by atoms with van der Waals surface area (Å²) in [6, 6.07) is 9.57. The summed E-state index contributed by atoms with van der Waals surface area (Å²) in [7, 11) is 3.32. The van der Waals surface area contributed by atoms with E-state index in [2.05, 4.69) is 4.90 Å². The molecule has 0 saturated carbocycles. The average Bonchev–Trinajstić information content (AvgIpc) is 3.15. The molecule has 1 aromatic carbocycles. The van der Waals surface area contributed by atoms with Crippen molar-refractivity contribution in [2.45, 2.75) is 0 Å². The molecule has 2 aromatic rings. The Bertz CT molecular complexity index is 664. The molecule has 1 saturated heterocycles. The van der Waals surface area contributed by atoms with Crippen molar-refractivity contribution in [3.63, 3.8) is 0 Å². The molecule has 0 N–H and O–H groups in total. The molecule has 0 unspecified atom stereocenters. The second-order valence-corrected chi connectivity index (χ2v) is 6.24. The van der Waals surface area contributed by atoms with Gasteiger partial charge in [-0.05, 0) is 23.6 Å². The Hall–Kier alpha value is -2.21. The number of piperazine rings is 1. The highest BCUT2D eigenvalue weighted by Gasteiger charge is 2.24. The van der Waals surface area contributed by atoms with Crippen molar-refractivity contribution in [3.8, 4) is 11.5 Å². The van der Waals surface area contributed by atoms with Gasteiger partial charge >= 0.3 is 0 Å². The zero-order valence-electron chi connectivity index (χ0n) is 13.3. The zero-order chi connectivity index (χ0) is 16.2. The molecule has 0 spiro atoms. The first-order chi connectivity index (χ1) is 11.2. The Morgan fingerprint density at radius 3 is 2.48 bits per heavy atom. The number of amides is 1. The lowest BCUT2D eigenvalue weighted by Crippen LogP contribution is -2.48. The number of hydrogen-bond donors (Lipinski definition) is 0. The van der Waals surface area contributed by atoms with E-state index in [1.807, 2.05) is 40.6 Å². The molecular weight excluding hydrogens is 312 g/mol. The molecular formula is C17H20N2O3S. The van der Waals surface area contributed by atoms with Crippen LogP contribution in [0.3, 0.4) is 0 Å². The van der Waals surface area contributed by atoms with Gasteiger partial charge in [0.25, 0.3) is 5.91 Å². The number of anilines is 1. The van der Waals surface area contributed by atoms with Crippen molar-refractivity contribution in [2.75, 3.05) is 45.3 Å². The van der Waals surface area contributed by atoms with Gasteiger partial charge in [0, 0.05) is 32.2 Å². The van der Waals surface area contributed by atoms with Crippen LogP contribution in [0.25, 0.3) is 0 Å². The summed E-state index contributed by atoms with van der Waals surface area (Å²) in [6.45, 7) is 2.97. The molecule has 0 radical (unpaired) electrons. The van der Waals surface area contributed by atoms with Gasteiger partial charge in [-0.15, -0.1) is 11.3 Å². The number of ether oxygens (including phenoxy) is 2. The highest BCUT2D eigenvalue weighted by Crippen LogP contribution is 2.33. The van der Waals surface area contributed by atoms with E-state index in [4.69, 9.17) is 9.47 Å². The van der Waals surface area contributed by atoms with Crippen LogP contribution in [0.1, 0.15) is 9.67 Å². The number of hydrogen-bond acceptors (Lipinski definition) is 5. The van der Waals surface area contributed by atoms with Crippen molar-refractivity contribution in [3.05, 3.63) is 40.6 Å². The van der Waals surface area contributed by atoms with Crippen LogP contribution in [0, 0.1) is 0 Å². The Morgan fingerprint density at radius 1 is 1.09 bits per heavy atom. The molecule has 122 valence electrons. The molecule has 23 heavy (non-hydrogen) atoms. The van der Waals surface area contributed by atoms with Crippen molar-refractivity contribution >= 4 is 22.9 Å². The molecule has 1 aromatic heterocycles. The lowest BCUT2D eigenvalue weighted by molar-refractivity contribution is 0.0751. The summed E-state index contributed by atoms with van der Waals surface area (Å²) in [6.07, 6.45) is 0. The predicted octanol–water partition coefficient (Wildman–Crippen LogP) is 2.73. The van der Waals surface area contributed by atoms with Crippen LogP contribution < -0.4 is 14.4 Å². The molecule has 2 heterocycles. The Labute approximate surface area is 140 Å². The smallest absolute Gasteiger partial charge is 0.264 e. The average molecular weight is 332 g/mol. The third-order valence-electron chi connectivity index (χ3n) is 4.03. The van der Waals surface area contributed by atoms with Crippen LogP contribution in [0.4, 0.5) is 5.69 Å². The van der Waals surface area contributed by atoms with E-state index < -0.39 is 0 Å². The van der Waals surface area contributed by atoms with Crippen molar-refractivity contribution in [1.29, 1.82) is 0 Å². The van der Waals surface area contributed by atoms with Crippen molar-refractivity contribution < 1.29 is 14.3 Å². The molecule has 1 aliphatic heterocycles. The van der Waals surface area contributed by atoms with Crippen molar-refractivity contribution in [2.24, 2.45) is 0 Å². The Morgan fingerprint density at radius 2 is 1.87 bits per heavy atom. The van der Waals surface area contributed by atoms with Gasteiger partial charge in [-0.2, -0.15) is 0 Å². The van der Waals surface area contributed by atoms with E-state index in [0.717, 1.165) is 35.2 Å². The maximum Gasteiger partial charge on any atom is 0.264 e. The number of thiophene rings is 1. The van der Waals surface area contributed by atoms with E-state index in [0.29, 0.717) is 13.1 Å². The maximum absolute atomic E-state index is 12.4. The predicted molar refractivity (Wildman–Crippen MR) is 92.0 cm³/mol. The van der Waals surface area contributed by atoms with E-state index in [-0.39, 0.29) is 5.91 Å². The topological polar surface area (TPSA) is 42.0 Å². The van der Waals surface area contributed by atoms with Gasteiger partial charge in [-0.3, -0.25) is 4.79 Å². The van der Waals surface area contributed by atoms with Gasteiger partial charge in [0.05, 0.1) is 24.8 Å². The van der Waals surface area contributed by atoms with Gasteiger partial charge in [-0.1, -0.05) is 6.07 Å². The van der Waals surface area contributed by atoms with Gasteiger partial charge < -0.3 is 19.3 Å². The largest absolute Gasteiger partial charge is 0.497 e. The van der Waals surface area contributed by atoms with Gasteiger partial charge in [0.15, 0.2) is 0 Å². The third kappa shape index (κ3) is 3.27. The SMILES string of the molecule is COc1ccc(OC)c(N2CCN(C(=O)c3cccs3)CC2)c1. The molecule has 0 bridgehead atoms. The number of carbonyl (C=O) groups excluding carboxylic acids is 1. The number of nitrogens with zero attached hydrogens (tertiary/aromatic N) is 2. The minimum atomic E-state index is 0.122. The van der Waals surface area contributed by atoms with Gasteiger partial charge in [0.1, 0.15) is 11.5 Å². The Kier molecular flexibility index (Phi) is 4.71. The van der Waals surface area contributed by atoms with E-state index in [9.17, 15) is 4.79 Å². The van der Waals surface area contributed by atoms with Crippen LogP contribution in [0.5, 0.6) is 11.5 Å². The fourth-order valence-corrected chi connectivity index (χ4v) is 3.44. The van der Waals surface area contributed by atoms with Crippen molar-refractivity contribution in [1.82, 2.24) is 4.90 Å². The lowest BCUT2D eigenvalue weighted by Gasteiger charge is -2.36. The zero-order valence-corrected chi connectivity index (χ0v) is 14.1. The Balaban J connectivity index is 1.70. The molecule has 3 rings (SSSR count). The number of benzene rings is 1. The minimum absolute atomic E-state index is 0.122. The summed E-state index contributed by atoms with van der Waals surface area (Å²) in [5.41, 5.74) is 1.01. The summed E-state index contributed by atoms with van der Waals surface area (Å²) in [4.78, 5) is 17.4. The number of carbonyl (C=O) groups is 1. The summed E-state index contributed by atoms with van der Waals surface area (Å²) >= 11 is 1.49. The first-order valence-corrected chi connectivity index (χ1v) is 8.40. The fourth-order valence-electron chi connectivity index (χ4n) is 2.75. The first-order valence-electron chi connectivity index (χ1n) is 7.52. The fraction of sp³-hybridized carbons (Fsp3) is 0.353. The van der Waals surface area contributed by atoms with E-state index in [1.165, 1.54) is 11.3 Å². The highest BCUT2D eigenvalue weighted by atomic mass is 32.1. The highest BCUT2D eigenvalue weighted by molar-refractivity contribution is 7.12. The number of methoxy groups -OCH3 is 2. The summed E-state index contributed by atoms with van der Waals surface area (Å²) in [5, 5.41) is 1.94. The minimum Gasteiger partial charge on any atom is -0.497 e. The first kappa shape index (κ1) is 15.7. The summed E-state index contributed by atoms with van der Waals surface area (Å²) < 4.78 is 10.8. The standard InChI is InChI=1S/C17H20N2O3S/c1-21-13-5-6-15(22-2)14(12-13)18-7-9-19(10-8-18)17(20)16-4-3-11-23-16/h3-6,11-12H,7-10H2,1-2H3. The van der Waals surface area contributed by atoms with Crippen LogP contribution in [-0.2, 0) is 0 Å². The van der Waals surface area contributed by atoms with Gasteiger partial charge in [0.2, 0.25) is 0 Å². The molecule has 1 fully saturated rings. The second kappa shape index (κ2) is 6.91. The molecule has 5 nitrogen and oxygen atoms in total.